The average Bonchev–Trinajstić information content (AvgIpc) is 2.84. The first-order valence-corrected chi connectivity index (χ1v) is 12.3. The Morgan fingerprint density at radius 3 is 2.57 bits per heavy atom. The number of Topliss-reactive ketones (excluding diaryl/α,β-unsaturated/α-hetero) is 1. The van der Waals surface area contributed by atoms with Gasteiger partial charge in [0.25, 0.3) is 0 Å². The number of halogens is 1. The molecule has 0 bridgehead atoms. The van der Waals surface area contributed by atoms with Gasteiger partial charge >= 0.3 is 5.97 Å². The van der Waals surface area contributed by atoms with E-state index in [1.165, 1.54) is 0 Å². The van der Waals surface area contributed by atoms with Gasteiger partial charge in [0.2, 0.25) is 0 Å². The van der Waals surface area contributed by atoms with Crippen LogP contribution in [0.3, 0.4) is 0 Å². The van der Waals surface area contributed by atoms with E-state index in [9.17, 15) is 14.7 Å². The number of aromatic hydroxyl groups is 1. The van der Waals surface area contributed by atoms with Gasteiger partial charge in [-0.1, -0.05) is 48.9 Å². The van der Waals surface area contributed by atoms with Crippen molar-refractivity contribution in [3.05, 3.63) is 81.2 Å². The molecule has 4 rings (SSSR count). The fourth-order valence-electron chi connectivity index (χ4n) is 4.90. The van der Waals surface area contributed by atoms with Crippen molar-refractivity contribution in [2.75, 3.05) is 13.2 Å². The second kappa shape index (κ2) is 10.6. The minimum Gasteiger partial charge on any atom is -0.503 e. The number of carbonyl (C=O) groups excluding carboxylic acids is 2. The summed E-state index contributed by atoms with van der Waals surface area (Å²) in [6.07, 6.45) is 1.66. The molecule has 2 aromatic carbocycles. The van der Waals surface area contributed by atoms with E-state index in [4.69, 9.17) is 21.1 Å². The molecule has 2 aromatic rings. The number of phenolic OH excluding ortho intramolecular Hbond substituents is 1. The Balaban J connectivity index is 1.84. The molecule has 6 nitrogen and oxygen atoms in total. The SMILES string of the molecule is CCCOC(=O)C1=C(C)NC2=C(C(=O)C[C@H](c3ccccc3)C2)[C@H]1c1cc(Cl)c(O)c(OCC)c1. The van der Waals surface area contributed by atoms with Gasteiger partial charge in [-0.2, -0.15) is 0 Å². The molecule has 1 heterocycles. The Labute approximate surface area is 210 Å². The van der Waals surface area contributed by atoms with E-state index < -0.39 is 11.9 Å². The lowest BCUT2D eigenvalue weighted by Gasteiger charge is -2.37. The molecule has 2 N–H and O–H groups in total. The van der Waals surface area contributed by atoms with E-state index in [0.717, 1.165) is 11.3 Å². The Kier molecular flexibility index (Phi) is 7.51. The molecule has 7 heteroatoms. The Morgan fingerprint density at radius 1 is 1.14 bits per heavy atom. The van der Waals surface area contributed by atoms with E-state index in [2.05, 4.69) is 5.32 Å². The largest absolute Gasteiger partial charge is 0.503 e. The predicted octanol–water partition coefficient (Wildman–Crippen LogP) is 5.76. The van der Waals surface area contributed by atoms with Gasteiger partial charge in [0, 0.05) is 29.3 Å². The summed E-state index contributed by atoms with van der Waals surface area (Å²) in [4.78, 5) is 26.9. The van der Waals surface area contributed by atoms with Crippen LogP contribution in [0.1, 0.15) is 63.0 Å². The second-order valence-corrected chi connectivity index (χ2v) is 9.25. The van der Waals surface area contributed by atoms with Crippen LogP contribution >= 0.6 is 11.6 Å². The third-order valence-electron chi connectivity index (χ3n) is 6.44. The van der Waals surface area contributed by atoms with Crippen molar-refractivity contribution < 1.29 is 24.2 Å². The van der Waals surface area contributed by atoms with Gasteiger partial charge in [-0.3, -0.25) is 4.79 Å². The van der Waals surface area contributed by atoms with Crippen molar-refractivity contribution in [1.29, 1.82) is 0 Å². The summed E-state index contributed by atoms with van der Waals surface area (Å²) in [5.74, 6) is -1.12. The van der Waals surface area contributed by atoms with E-state index in [0.29, 0.717) is 48.3 Å². The minimum absolute atomic E-state index is 0.0342. The Hall–Kier alpha value is -3.25. The topological polar surface area (TPSA) is 84.9 Å². The van der Waals surface area contributed by atoms with Gasteiger partial charge in [-0.15, -0.1) is 0 Å². The highest BCUT2D eigenvalue weighted by molar-refractivity contribution is 6.32. The number of hydrogen-bond donors (Lipinski definition) is 2. The zero-order valence-corrected chi connectivity index (χ0v) is 20.9. The maximum atomic E-state index is 13.7. The van der Waals surface area contributed by atoms with Crippen molar-refractivity contribution in [1.82, 2.24) is 5.32 Å². The highest BCUT2D eigenvalue weighted by Crippen LogP contribution is 2.48. The molecule has 0 saturated carbocycles. The van der Waals surface area contributed by atoms with E-state index in [-0.39, 0.29) is 34.8 Å². The number of benzene rings is 2. The highest BCUT2D eigenvalue weighted by Gasteiger charge is 2.42. The molecule has 0 saturated heterocycles. The number of carbonyl (C=O) groups is 2. The summed E-state index contributed by atoms with van der Waals surface area (Å²) < 4.78 is 11.1. The van der Waals surface area contributed by atoms with Gasteiger partial charge in [0.1, 0.15) is 0 Å². The predicted molar refractivity (Wildman–Crippen MR) is 135 cm³/mol. The van der Waals surface area contributed by atoms with Gasteiger partial charge in [-0.25, -0.2) is 4.79 Å². The fourth-order valence-corrected chi connectivity index (χ4v) is 5.12. The van der Waals surface area contributed by atoms with Crippen LogP contribution in [0.5, 0.6) is 11.5 Å². The normalized spacial score (nSPS) is 19.8. The van der Waals surface area contributed by atoms with Gasteiger partial charge < -0.3 is 19.9 Å². The maximum absolute atomic E-state index is 13.7. The summed E-state index contributed by atoms with van der Waals surface area (Å²) in [7, 11) is 0. The van der Waals surface area contributed by atoms with Crippen LogP contribution in [0.25, 0.3) is 0 Å². The first-order chi connectivity index (χ1) is 16.8. The number of dihydropyridines is 1. The summed E-state index contributed by atoms with van der Waals surface area (Å²) in [6, 6.07) is 13.2. The number of rotatable bonds is 7. The van der Waals surface area contributed by atoms with Crippen LogP contribution in [0.2, 0.25) is 5.02 Å². The van der Waals surface area contributed by atoms with Crippen LogP contribution in [0.15, 0.2) is 65.0 Å². The van der Waals surface area contributed by atoms with Crippen LogP contribution in [-0.2, 0) is 14.3 Å². The molecule has 1 aliphatic carbocycles. The summed E-state index contributed by atoms with van der Waals surface area (Å²) >= 11 is 6.36. The van der Waals surface area contributed by atoms with Gasteiger partial charge in [0.05, 0.1) is 23.8 Å². The molecule has 184 valence electrons. The molecule has 0 fully saturated rings. The number of nitrogens with one attached hydrogen (secondary N) is 1. The number of ketones is 1. The zero-order valence-electron chi connectivity index (χ0n) is 20.2. The third kappa shape index (κ3) is 4.94. The molecular formula is C28H30ClNO5. The Morgan fingerprint density at radius 2 is 1.89 bits per heavy atom. The molecule has 0 unspecified atom stereocenters. The molecule has 0 aromatic heterocycles. The molecule has 0 radical (unpaired) electrons. The van der Waals surface area contributed by atoms with Crippen LogP contribution in [0.4, 0.5) is 0 Å². The third-order valence-corrected chi connectivity index (χ3v) is 6.73. The fraction of sp³-hybridized carbons (Fsp3) is 0.357. The number of ether oxygens (including phenoxy) is 2. The lowest BCUT2D eigenvalue weighted by Crippen LogP contribution is -2.36. The minimum atomic E-state index is -0.683. The smallest absolute Gasteiger partial charge is 0.336 e. The highest BCUT2D eigenvalue weighted by atomic mass is 35.5. The van der Waals surface area contributed by atoms with Crippen molar-refractivity contribution >= 4 is 23.4 Å². The van der Waals surface area contributed by atoms with E-state index in [1.807, 2.05) is 44.2 Å². The van der Waals surface area contributed by atoms with Gasteiger partial charge in [0.15, 0.2) is 17.3 Å². The number of phenols is 1. The zero-order chi connectivity index (χ0) is 25.1. The van der Waals surface area contributed by atoms with Crippen molar-refractivity contribution in [2.24, 2.45) is 0 Å². The van der Waals surface area contributed by atoms with Crippen molar-refractivity contribution in [2.45, 2.75) is 51.9 Å². The lowest BCUT2D eigenvalue weighted by atomic mass is 9.71. The first-order valence-electron chi connectivity index (χ1n) is 12.0. The van der Waals surface area contributed by atoms with Gasteiger partial charge in [-0.05, 0) is 55.9 Å². The number of hydrogen-bond acceptors (Lipinski definition) is 6. The lowest BCUT2D eigenvalue weighted by molar-refractivity contribution is -0.139. The monoisotopic (exact) mass is 495 g/mol. The summed E-state index contributed by atoms with van der Waals surface area (Å²) in [6.45, 7) is 6.15. The van der Waals surface area contributed by atoms with Crippen molar-refractivity contribution in [3.63, 3.8) is 0 Å². The summed E-state index contributed by atoms with van der Waals surface area (Å²) in [5.41, 5.74) is 4.04. The molecular weight excluding hydrogens is 466 g/mol. The Bertz CT molecular complexity index is 1200. The van der Waals surface area contributed by atoms with Crippen LogP contribution in [-0.4, -0.2) is 30.1 Å². The molecule has 1 aliphatic heterocycles. The van der Waals surface area contributed by atoms with Crippen molar-refractivity contribution in [3.8, 4) is 11.5 Å². The second-order valence-electron chi connectivity index (χ2n) is 8.85. The maximum Gasteiger partial charge on any atom is 0.336 e. The molecule has 2 aliphatic rings. The molecule has 2 atom stereocenters. The number of allylic oxidation sites excluding steroid dienone is 3. The summed E-state index contributed by atoms with van der Waals surface area (Å²) in [5, 5.41) is 13.8. The van der Waals surface area contributed by atoms with E-state index in [1.54, 1.807) is 19.1 Å². The molecule has 35 heavy (non-hydrogen) atoms. The van der Waals surface area contributed by atoms with Crippen LogP contribution < -0.4 is 10.1 Å². The molecule has 0 spiro atoms. The van der Waals surface area contributed by atoms with Crippen LogP contribution in [0, 0.1) is 0 Å². The number of esters is 1. The van der Waals surface area contributed by atoms with E-state index >= 15 is 0 Å². The molecule has 0 amide bonds. The quantitative estimate of drug-likeness (QED) is 0.475. The average molecular weight is 496 g/mol. The first kappa shape index (κ1) is 24.9. The standard InChI is InChI=1S/C28H30ClNO5/c1-4-11-35-28(33)24-16(3)30-21-13-18(17-9-7-6-8-10-17)14-22(31)26(21)25(24)19-12-20(29)27(32)23(15-19)34-5-2/h6-10,12,15,18,25,30,32H,4-5,11,13-14H2,1-3H3/t18-,25+/m1/s1.